The number of amides is 1. The Kier molecular flexibility index (Phi) is 6.00. The maximum absolute atomic E-state index is 11.3. The van der Waals surface area contributed by atoms with Crippen LogP contribution in [0.5, 0.6) is 0 Å². The van der Waals surface area contributed by atoms with E-state index in [1.54, 1.807) is 0 Å². The fourth-order valence-electron chi connectivity index (χ4n) is 1.77. The molecule has 3 nitrogen and oxygen atoms in total. The van der Waals surface area contributed by atoms with E-state index in [2.05, 4.69) is 33.0 Å². The molecule has 15 heavy (non-hydrogen) atoms. The first-order valence-electron chi connectivity index (χ1n) is 5.51. The van der Waals surface area contributed by atoms with Crippen molar-refractivity contribution in [3.8, 4) is 6.07 Å². The van der Waals surface area contributed by atoms with Crippen LogP contribution in [0.1, 0.15) is 47.0 Å². The summed E-state index contributed by atoms with van der Waals surface area (Å²) in [7, 11) is 0. The standard InChI is InChI=1S/C12H22N2O/c1-10(2)8-12(3,4)9-14-11(15)6-5-7-13/h10H,5-6,8-9H2,1-4H3,(H,14,15). The Morgan fingerprint density at radius 2 is 2.07 bits per heavy atom. The predicted molar refractivity (Wildman–Crippen MR) is 61.1 cm³/mol. The molecule has 0 atom stereocenters. The molecule has 0 aromatic rings. The summed E-state index contributed by atoms with van der Waals surface area (Å²) in [6, 6.07) is 1.97. The van der Waals surface area contributed by atoms with Gasteiger partial charge < -0.3 is 5.32 Å². The van der Waals surface area contributed by atoms with Gasteiger partial charge >= 0.3 is 0 Å². The summed E-state index contributed by atoms with van der Waals surface area (Å²) in [6.45, 7) is 9.35. The van der Waals surface area contributed by atoms with Crippen molar-refractivity contribution in [2.45, 2.75) is 47.0 Å². The highest BCUT2D eigenvalue weighted by Crippen LogP contribution is 2.23. The summed E-state index contributed by atoms with van der Waals surface area (Å²) < 4.78 is 0. The number of hydrogen-bond acceptors (Lipinski definition) is 2. The molecule has 0 aliphatic heterocycles. The maximum Gasteiger partial charge on any atom is 0.221 e. The molecule has 0 rings (SSSR count). The minimum absolute atomic E-state index is 0.0200. The van der Waals surface area contributed by atoms with E-state index in [1.165, 1.54) is 0 Å². The first-order valence-corrected chi connectivity index (χ1v) is 5.51. The number of rotatable bonds is 6. The number of carbonyl (C=O) groups excluding carboxylic acids is 1. The van der Waals surface area contributed by atoms with Gasteiger partial charge in [0.2, 0.25) is 5.91 Å². The average Bonchev–Trinajstić information content (AvgIpc) is 2.09. The highest BCUT2D eigenvalue weighted by Gasteiger charge is 2.19. The molecule has 0 radical (unpaired) electrons. The average molecular weight is 210 g/mol. The molecule has 0 spiro atoms. The molecule has 3 heteroatoms. The van der Waals surface area contributed by atoms with E-state index in [9.17, 15) is 4.79 Å². The zero-order chi connectivity index (χ0) is 11.9. The van der Waals surface area contributed by atoms with Gasteiger partial charge in [0.25, 0.3) is 0 Å². The monoisotopic (exact) mass is 210 g/mol. The lowest BCUT2D eigenvalue weighted by Crippen LogP contribution is -2.34. The van der Waals surface area contributed by atoms with Crippen molar-refractivity contribution in [1.29, 1.82) is 5.26 Å². The SMILES string of the molecule is CC(C)CC(C)(C)CNC(=O)CCC#N. The molecule has 0 aliphatic carbocycles. The van der Waals surface area contributed by atoms with Crippen LogP contribution in [0, 0.1) is 22.7 Å². The van der Waals surface area contributed by atoms with E-state index in [1.807, 2.05) is 6.07 Å². The normalized spacial score (nSPS) is 11.2. The van der Waals surface area contributed by atoms with Crippen LogP contribution >= 0.6 is 0 Å². The Morgan fingerprint density at radius 1 is 1.47 bits per heavy atom. The summed E-state index contributed by atoms with van der Waals surface area (Å²) in [5, 5.41) is 11.2. The number of nitriles is 1. The van der Waals surface area contributed by atoms with Crippen molar-refractivity contribution in [3.63, 3.8) is 0 Å². The molecule has 0 saturated heterocycles. The summed E-state index contributed by atoms with van der Waals surface area (Å²) >= 11 is 0. The highest BCUT2D eigenvalue weighted by atomic mass is 16.1. The van der Waals surface area contributed by atoms with Gasteiger partial charge in [0.05, 0.1) is 6.07 Å². The van der Waals surface area contributed by atoms with Crippen molar-refractivity contribution in [1.82, 2.24) is 5.32 Å². The quantitative estimate of drug-likeness (QED) is 0.732. The van der Waals surface area contributed by atoms with Crippen LogP contribution < -0.4 is 5.32 Å². The smallest absolute Gasteiger partial charge is 0.221 e. The van der Waals surface area contributed by atoms with Gasteiger partial charge in [0.1, 0.15) is 0 Å². The van der Waals surface area contributed by atoms with Crippen molar-refractivity contribution < 1.29 is 4.79 Å². The summed E-state index contributed by atoms with van der Waals surface area (Å²) in [4.78, 5) is 11.3. The lowest BCUT2D eigenvalue weighted by molar-refractivity contribution is -0.121. The minimum atomic E-state index is -0.0200. The van der Waals surface area contributed by atoms with E-state index in [0.29, 0.717) is 25.3 Å². The zero-order valence-electron chi connectivity index (χ0n) is 10.3. The first-order chi connectivity index (χ1) is 6.87. The Labute approximate surface area is 92.9 Å². The number of hydrogen-bond donors (Lipinski definition) is 1. The van der Waals surface area contributed by atoms with Crippen LogP contribution in [0.3, 0.4) is 0 Å². The van der Waals surface area contributed by atoms with E-state index in [4.69, 9.17) is 5.26 Å². The number of nitrogens with one attached hydrogen (secondary N) is 1. The maximum atomic E-state index is 11.3. The van der Waals surface area contributed by atoms with Crippen LogP contribution in [-0.2, 0) is 4.79 Å². The van der Waals surface area contributed by atoms with Gasteiger partial charge in [-0.05, 0) is 17.8 Å². The topological polar surface area (TPSA) is 52.9 Å². The third kappa shape index (κ3) is 7.99. The van der Waals surface area contributed by atoms with Crippen LogP contribution in [0.15, 0.2) is 0 Å². The highest BCUT2D eigenvalue weighted by molar-refractivity contribution is 5.76. The fraction of sp³-hybridized carbons (Fsp3) is 0.833. The van der Waals surface area contributed by atoms with Crippen molar-refractivity contribution in [3.05, 3.63) is 0 Å². The number of carbonyl (C=O) groups is 1. The molecule has 0 fully saturated rings. The van der Waals surface area contributed by atoms with Crippen molar-refractivity contribution >= 4 is 5.91 Å². The Morgan fingerprint density at radius 3 is 2.53 bits per heavy atom. The van der Waals surface area contributed by atoms with Crippen molar-refractivity contribution in [2.24, 2.45) is 11.3 Å². The molecule has 1 N–H and O–H groups in total. The lowest BCUT2D eigenvalue weighted by atomic mass is 9.84. The molecule has 0 unspecified atom stereocenters. The third-order valence-electron chi connectivity index (χ3n) is 2.19. The van der Waals surface area contributed by atoms with E-state index in [0.717, 1.165) is 6.42 Å². The number of nitrogens with zero attached hydrogens (tertiary/aromatic N) is 1. The van der Waals surface area contributed by atoms with Crippen LogP contribution in [0.2, 0.25) is 0 Å². The minimum Gasteiger partial charge on any atom is -0.356 e. The first kappa shape index (κ1) is 14.0. The van der Waals surface area contributed by atoms with Gasteiger partial charge in [-0.25, -0.2) is 0 Å². The molecule has 1 amide bonds. The summed E-state index contributed by atoms with van der Waals surface area (Å²) in [6.07, 6.45) is 1.70. The molecule has 0 saturated carbocycles. The van der Waals surface area contributed by atoms with Gasteiger partial charge in [0, 0.05) is 19.4 Å². The van der Waals surface area contributed by atoms with E-state index < -0.39 is 0 Å². The van der Waals surface area contributed by atoms with Gasteiger partial charge in [-0.3, -0.25) is 4.79 Å². The van der Waals surface area contributed by atoms with Gasteiger partial charge in [-0.1, -0.05) is 27.7 Å². The summed E-state index contributed by atoms with van der Waals surface area (Å²) in [5.41, 5.74) is 0.135. The van der Waals surface area contributed by atoms with Gasteiger partial charge in [-0.15, -0.1) is 0 Å². The molecular weight excluding hydrogens is 188 g/mol. The Balaban J connectivity index is 3.83. The molecular formula is C12H22N2O. The molecule has 0 bridgehead atoms. The molecule has 0 heterocycles. The van der Waals surface area contributed by atoms with Crippen molar-refractivity contribution in [2.75, 3.05) is 6.54 Å². The zero-order valence-corrected chi connectivity index (χ0v) is 10.3. The van der Waals surface area contributed by atoms with Crippen LogP contribution in [0.25, 0.3) is 0 Å². The largest absolute Gasteiger partial charge is 0.356 e. The van der Waals surface area contributed by atoms with E-state index >= 15 is 0 Å². The van der Waals surface area contributed by atoms with Gasteiger partial charge in [0.15, 0.2) is 0 Å². The third-order valence-corrected chi connectivity index (χ3v) is 2.19. The summed E-state index contributed by atoms with van der Waals surface area (Å²) in [5.74, 6) is 0.615. The predicted octanol–water partition coefficient (Wildman–Crippen LogP) is 2.48. The molecule has 86 valence electrons. The molecule has 0 aromatic carbocycles. The Bertz CT molecular complexity index is 238. The van der Waals surface area contributed by atoms with E-state index in [-0.39, 0.29) is 11.3 Å². The fourth-order valence-corrected chi connectivity index (χ4v) is 1.77. The van der Waals surface area contributed by atoms with Crippen LogP contribution in [-0.4, -0.2) is 12.5 Å². The second-order valence-electron chi connectivity index (χ2n) is 5.20. The molecule has 0 aliphatic rings. The second kappa shape index (κ2) is 6.44. The molecule has 0 aromatic heterocycles. The van der Waals surface area contributed by atoms with Crippen LogP contribution in [0.4, 0.5) is 0 Å². The lowest BCUT2D eigenvalue weighted by Gasteiger charge is -2.26. The van der Waals surface area contributed by atoms with Gasteiger partial charge in [-0.2, -0.15) is 5.26 Å². The second-order valence-corrected chi connectivity index (χ2v) is 5.20. The Hall–Kier alpha value is -1.04.